The Morgan fingerprint density at radius 1 is 1.12 bits per heavy atom. The fourth-order valence-electron chi connectivity index (χ4n) is 3.29. The lowest BCUT2D eigenvalue weighted by molar-refractivity contribution is -0.115. The summed E-state index contributed by atoms with van der Waals surface area (Å²) in [6.07, 6.45) is 0.308. The Morgan fingerprint density at radius 2 is 1.97 bits per heavy atom. The van der Waals surface area contributed by atoms with Crippen LogP contribution in [0.1, 0.15) is 6.42 Å². The predicted octanol–water partition coefficient (Wildman–Crippen LogP) is 4.76. The number of rotatable bonds is 7. The van der Waals surface area contributed by atoms with Gasteiger partial charge in [-0.3, -0.25) is 4.79 Å². The highest BCUT2D eigenvalue weighted by Crippen LogP contribution is 2.32. The maximum atomic E-state index is 12.4. The topological polar surface area (TPSA) is 106 Å². The first kappa shape index (κ1) is 20.4. The van der Waals surface area contributed by atoms with Gasteiger partial charge in [0.25, 0.3) is 0 Å². The van der Waals surface area contributed by atoms with Crippen molar-refractivity contribution in [2.75, 3.05) is 18.2 Å². The molecule has 0 atom stereocenters. The first-order chi connectivity index (χ1) is 15.7. The molecule has 0 aliphatic rings. The van der Waals surface area contributed by atoms with Crippen molar-refractivity contribution in [3.8, 4) is 17.0 Å². The molecule has 0 aliphatic heterocycles. The summed E-state index contributed by atoms with van der Waals surface area (Å²) in [6, 6.07) is 15.5. The fraction of sp³-hybridized carbons (Fsp3) is 0.136. The van der Waals surface area contributed by atoms with Gasteiger partial charge in [0.05, 0.1) is 12.8 Å². The number of amides is 1. The van der Waals surface area contributed by atoms with Gasteiger partial charge < -0.3 is 15.0 Å². The van der Waals surface area contributed by atoms with Crippen LogP contribution < -0.4 is 10.1 Å². The van der Waals surface area contributed by atoms with Crippen LogP contribution in [0.4, 0.5) is 5.13 Å². The number of ether oxygens (including phenoxy) is 1. The van der Waals surface area contributed by atoms with E-state index in [4.69, 9.17) is 4.74 Å². The van der Waals surface area contributed by atoms with Crippen LogP contribution in [0.15, 0.2) is 59.1 Å². The van der Waals surface area contributed by atoms with Gasteiger partial charge in [0.15, 0.2) is 10.8 Å². The summed E-state index contributed by atoms with van der Waals surface area (Å²) in [6.45, 7) is 0. The average molecular weight is 463 g/mol. The number of methoxy groups -OCH3 is 1. The molecule has 0 unspecified atom stereocenters. The second-order valence-corrected chi connectivity index (χ2v) is 8.77. The number of thiazole rings is 1. The summed E-state index contributed by atoms with van der Waals surface area (Å²) >= 11 is 2.77. The summed E-state index contributed by atoms with van der Waals surface area (Å²) in [4.78, 5) is 24.6. The number of hydrogen-bond donors (Lipinski definition) is 2. The lowest BCUT2D eigenvalue weighted by atomic mass is 10.1. The third kappa shape index (κ3) is 4.14. The second-order valence-electron chi connectivity index (χ2n) is 6.85. The molecule has 0 aliphatic carbocycles. The molecule has 160 valence electrons. The monoisotopic (exact) mass is 462 g/mol. The number of carbonyl (C=O) groups is 1. The summed E-state index contributed by atoms with van der Waals surface area (Å²) in [7, 11) is 1.63. The Morgan fingerprint density at radius 3 is 2.88 bits per heavy atom. The zero-order chi connectivity index (χ0) is 21.9. The van der Waals surface area contributed by atoms with Gasteiger partial charge >= 0.3 is 0 Å². The van der Waals surface area contributed by atoms with Crippen molar-refractivity contribution in [3.05, 3.63) is 53.9 Å². The van der Waals surface area contributed by atoms with Gasteiger partial charge in [0, 0.05) is 34.0 Å². The summed E-state index contributed by atoms with van der Waals surface area (Å²) < 4.78 is 5.38. The Kier molecular flexibility index (Phi) is 5.70. The number of benzene rings is 2. The molecule has 3 aromatic heterocycles. The lowest BCUT2D eigenvalue weighted by Crippen LogP contribution is -2.12. The summed E-state index contributed by atoms with van der Waals surface area (Å²) in [5, 5.41) is 15.3. The van der Waals surface area contributed by atoms with E-state index in [1.54, 1.807) is 7.11 Å². The van der Waals surface area contributed by atoms with Gasteiger partial charge in [-0.25, -0.2) is 9.97 Å². The molecule has 2 N–H and O–H groups in total. The number of nitrogens with zero attached hydrogens (tertiary/aromatic N) is 4. The maximum absolute atomic E-state index is 12.4. The van der Waals surface area contributed by atoms with Gasteiger partial charge in [0.2, 0.25) is 11.1 Å². The molecule has 10 heteroatoms. The smallest absolute Gasteiger partial charge is 0.226 e. The SMILES string of the molecule is COc1ccccc1-c1csc(NC(=O)CCSc2nnc3c(n2)[nH]c2ccccc23)n1. The van der Waals surface area contributed by atoms with E-state index in [1.165, 1.54) is 23.1 Å². The van der Waals surface area contributed by atoms with E-state index in [-0.39, 0.29) is 5.91 Å². The highest BCUT2D eigenvalue weighted by atomic mass is 32.2. The van der Waals surface area contributed by atoms with Crippen molar-refractivity contribution < 1.29 is 9.53 Å². The van der Waals surface area contributed by atoms with Gasteiger partial charge in [0.1, 0.15) is 11.3 Å². The zero-order valence-electron chi connectivity index (χ0n) is 17.0. The Bertz CT molecular complexity index is 1410. The van der Waals surface area contributed by atoms with E-state index in [2.05, 4.69) is 30.5 Å². The van der Waals surface area contributed by atoms with Gasteiger partial charge in [-0.15, -0.1) is 21.5 Å². The normalized spacial score (nSPS) is 11.2. The first-order valence-electron chi connectivity index (χ1n) is 9.84. The predicted molar refractivity (Wildman–Crippen MR) is 127 cm³/mol. The van der Waals surface area contributed by atoms with E-state index in [9.17, 15) is 4.79 Å². The number of hydrogen-bond acceptors (Lipinski definition) is 8. The molecule has 3 heterocycles. The quantitative estimate of drug-likeness (QED) is 0.336. The van der Waals surface area contributed by atoms with Crippen molar-refractivity contribution in [2.24, 2.45) is 0 Å². The van der Waals surface area contributed by atoms with E-state index in [1.807, 2.05) is 53.9 Å². The minimum absolute atomic E-state index is 0.113. The van der Waals surface area contributed by atoms with Crippen molar-refractivity contribution >= 4 is 56.2 Å². The number of para-hydroxylation sites is 2. The van der Waals surface area contributed by atoms with E-state index < -0.39 is 0 Å². The van der Waals surface area contributed by atoms with Crippen LogP contribution in [0.3, 0.4) is 0 Å². The number of thioether (sulfide) groups is 1. The molecule has 0 radical (unpaired) electrons. The highest BCUT2D eigenvalue weighted by Gasteiger charge is 2.13. The third-order valence-electron chi connectivity index (χ3n) is 4.80. The molecular formula is C22H18N6O2S2. The lowest BCUT2D eigenvalue weighted by Gasteiger charge is -2.05. The number of aromatic amines is 1. The van der Waals surface area contributed by atoms with Crippen molar-refractivity contribution in [1.29, 1.82) is 0 Å². The largest absolute Gasteiger partial charge is 0.496 e. The second kappa shape index (κ2) is 8.93. The summed E-state index contributed by atoms with van der Waals surface area (Å²) in [5.41, 5.74) is 4.07. The van der Waals surface area contributed by atoms with E-state index in [0.29, 0.717) is 28.1 Å². The Labute approximate surface area is 191 Å². The van der Waals surface area contributed by atoms with Crippen LogP contribution in [0.5, 0.6) is 5.75 Å². The number of carbonyl (C=O) groups excluding carboxylic acids is 1. The average Bonchev–Trinajstić information content (AvgIpc) is 3.43. The van der Waals surface area contributed by atoms with Crippen LogP contribution in [0.25, 0.3) is 33.3 Å². The van der Waals surface area contributed by atoms with Gasteiger partial charge in [-0.1, -0.05) is 42.1 Å². The van der Waals surface area contributed by atoms with Crippen molar-refractivity contribution in [2.45, 2.75) is 11.6 Å². The van der Waals surface area contributed by atoms with E-state index >= 15 is 0 Å². The molecular weight excluding hydrogens is 444 g/mol. The zero-order valence-corrected chi connectivity index (χ0v) is 18.7. The maximum Gasteiger partial charge on any atom is 0.226 e. The Balaban J connectivity index is 1.19. The van der Waals surface area contributed by atoms with Gasteiger partial charge in [-0.2, -0.15) is 0 Å². The van der Waals surface area contributed by atoms with Crippen LogP contribution in [0, 0.1) is 0 Å². The number of nitrogens with one attached hydrogen (secondary N) is 2. The molecule has 0 saturated heterocycles. The van der Waals surface area contributed by atoms with Crippen LogP contribution in [-0.4, -0.2) is 43.9 Å². The minimum Gasteiger partial charge on any atom is -0.496 e. The molecule has 0 bridgehead atoms. The molecule has 0 saturated carbocycles. The molecule has 32 heavy (non-hydrogen) atoms. The van der Waals surface area contributed by atoms with Crippen molar-refractivity contribution in [3.63, 3.8) is 0 Å². The highest BCUT2D eigenvalue weighted by molar-refractivity contribution is 7.99. The fourth-order valence-corrected chi connectivity index (χ4v) is 4.75. The Hall–Kier alpha value is -3.50. The first-order valence-corrected chi connectivity index (χ1v) is 11.7. The van der Waals surface area contributed by atoms with Crippen molar-refractivity contribution in [1.82, 2.24) is 25.1 Å². The standard InChI is InChI=1S/C22H18N6O2S2/c1-30-17-9-5-3-6-13(17)16-12-32-21(24-16)25-18(29)10-11-31-22-26-20-19(27-28-22)14-7-2-4-8-15(14)23-20/h2-9,12H,10-11H2,1H3,(H,23,26,28)(H,24,25,29). The van der Waals surface area contributed by atoms with Crippen LogP contribution in [0.2, 0.25) is 0 Å². The number of aromatic nitrogens is 5. The molecule has 2 aromatic carbocycles. The molecule has 0 spiro atoms. The molecule has 8 nitrogen and oxygen atoms in total. The minimum atomic E-state index is -0.113. The number of H-pyrrole nitrogens is 1. The number of fused-ring (bicyclic) bond motifs is 3. The third-order valence-corrected chi connectivity index (χ3v) is 6.39. The molecule has 1 amide bonds. The van der Waals surface area contributed by atoms with Crippen LogP contribution in [-0.2, 0) is 4.79 Å². The van der Waals surface area contributed by atoms with Gasteiger partial charge in [-0.05, 0) is 18.2 Å². The molecule has 5 aromatic rings. The molecule has 0 fully saturated rings. The van der Waals surface area contributed by atoms with Crippen LogP contribution >= 0.6 is 23.1 Å². The summed E-state index contributed by atoms with van der Waals surface area (Å²) in [5.74, 6) is 1.16. The number of anilines is 1. The van der Waals surface area contributed by atoms with E-state index in [0.717, 1.165) is 33.4 Å². The molecule has 5 rings (SSSR count).